The van der Waals surface area contributed by atoms with Gasteiger partial charge in [-0.05, 0) is 23.8 Å². The fraction of sp³-hybridized carbons (Fsp3) is 0.0769. The first-order valence-electron chi connectivity index (χ1n) is 5.61. The Bertz CT molecular complexity index is 664. The van der Waals surface area contributed by atoms with Crippen LogP contribution in [-0.4, -0.2) is 4.92 Å². The smallest absolute Gasteiger partial charge is 0.288 e. The molecule has 0 aliphatic rings. The van der Waals surface area contributed by atoms with E-state index >= 15 is 0 Å². The molecule has 104 valence electrons. The second-order valence-corrected chi connectivity index (χ2v) is 4.38. The topological polar surface area (TPSA) is 78.4 Å². The lowest BCUT2D eigenvalue weighted by atomic mass is 10.2. The lowest BCUT2D eigenvalue weighted by Crippen LogP contribution is -1.97. The third-order valence-electron chi connectivity index (χ3n) is 2.52. The van der Waals surface area contributed by atoms with Gasteiger partial charge >= 0.3 is 0 Å². The van der Waals surface area contributed by atoms with Crippen molar-refractivity contribution in [3.8, 4) is 11.5 Å². The molecule has 0 aliphatic heterocycles. The molecule has 0 aliphatic carbocycles. The highest BCUT2D eigenvalue weighted by molar-refractivity contribution is 6.32. The minimum atomic E-state index is -0.596. The van der Waals surface area contributed by atoms with Crippen LogP contribution < -0.4 is 10.5 Å². The number of ether oxygens (including phenoxy) is 1. The van der Waals surface area contributed by atoms with Crippen LogP contribution in [0.3, 0.4) is 0 Å². The van der Waals surface area contributed by atoms with Crippen LogP contribution >= 0.6 is 11.6 Å². The van der Waals surface area contributed by atoms with E-state index in [0.29, 0.717) is 5.56 Å². The number of nitro groups is 1. The third kappa shape index (κ3) is 3.23. The highest BCUT2D eigenvalue weighted by Crippen LogP contribution is 2.31. The maximum Gasteiger partial charge on any atom is 0.288 e. The molecule has 5 nitrogen and oxygen atoms in total. The summed E-state index contributed by atoms with van der Waals surface area (Å²) in [6.45, 7) is 0.176. The molecule has 0 saturated heterocycles. The zero-order chi connectivity index (χ0) is 14.7. The number of hydrogen-bond acceptors (Lipinski definition) is 4. The first-order chi connectivity index (χ1) is 9.49. The van der Waals surface area contributed by atoms with Crippen molar-refractivity contribution in [1.82, 2.24) is 0 Å². The van der Waals surface area contributed by atoms with Crippen molar-refractivity contribution in [3.63, 3.8) is 0 Å². The molecule has 0 fully saturated rings. The fourth-order valence-electron chi connectivity index (χ4n) is 1.63. The minimum absolute atomic E-state index is 0.0528. The van der Waals surface area contributed by atoms with E-state index in [1.54, 1.807) is 6.07 Å². The van der Waals surface area contributed by atoms with E-state index in [0.717, 1.165) is 0 Å². The zero-order valence-corrected chi connectivity index (χ0v) is 10.9. The van der Waals surface area contributed by atoms with Gasteiger partial charge in [0.25, 0.3) is 5.69 Å². The third-order valence-corrected chi connectivity index (χ3v) is 2.82. The molecule has 7 heteroatoms. The molecular formula is C13H10ClFN2O3. The Kier molecular flexibility index (Phi) is 4.16. The Morgan fingerprint density at radius 3 is 2.60 bits per heavy atom. The van der Waals surface area contributed by atoms with Gasteiger partial charge in [0, 0.05) is 24.7 Å². The van der Waals surface area contributed by atoms with Crippen LogP contribution in [0.15, 0.2) is 36.4 Å². The summed E-state index contributed by atoms with van der Waals surface area (Å²) in [5, 5.41) is 10.6. The first kappa shape index (κ1) is 14.2. The van der Waals surface area contributed by atoms with E-state index in [4.69, 9.17) is 22.1 Å². The van der Waals surface area contributed by atoms with E-state index in [1.165, 1.54) is 30.3 Å². The molecule has 0 unspecified atom stereocenters. The number of rotatable bonds is 4. The normalized spacial score (nSPS) is 10.3. The number of halogens is 2. The maximum atomic E-state index is 13.3. The second-order valence-electron chi connectivity index (χ2n) is 3.97. The molecular weight excluding hydrogens is 287 g/mol. The largest absolute Gasteiger partial charge is 0.457 e. The number of nitrogens with two attached hydrogens (primary N) is 1. The van der Waals surface area contributed by atoms with Crippen molar-refractivity contribution >= 4 is 17.3 Å². The molecule has 0 saturated carbocycles. The van der Waals surface area contributed by atoms with Gasteiger partial charge in [0.05, 0.1) is 4.92 Å². The highest BCUT2D eigenvalue weighted by atomic mass is 35.5. The van der Waals surface area contributed by atoms with E-state index in [-0.39, 0.29) is 28.8 Å². The molecule has 0 radical (unpaired) electrons. The zero-order valence-electron chi connectivity index (χ0n) is 10.2. The average molecular weight is 297 g/mol. The summed E-state index contributed by atoms with van der Waals surface area (Å²) in [5.41, 5.74) is 5.80. The molecule has 0 spiro atoms. The SMILES string of the molecule is NCc1cc(F)cc(Oc2ccc([N+](=O)[O-])c(Cl)c2)c1. The lowest BCUT2D eigenvalue weighted by molar-refractivity contribution is -0.384. The number of hydrogen-bond donors (Lipinski definition) is 1. The van der Waals surface area contributed by atoms with Crippen molar-refractivity contribution in [2.24, 2.45) is 5.73 Å². The van der Waals surface area contributed by atoms with Crippen molar-refractivity contribution in [2.45, 2.75) is 6.54 Å². The molecule has 2 aromatic rings. The predicted molar refractivity (Wildman–Crippen MR) is 72.5 cm³/mol. The summed E-state index contributed by atoms with van der Waals surface area (Å²) in [6.07, 6.45) is 0. The van der Waals surface area contributed by atoms with Gasteiger partial charge in [0.1, 0.15) is 22.3 Å². The van der Waals surface area contributed by atoms with Gasteiger partial charge in [-0.25, -0.2) is 4.39 Å². The second kappa shape index (κ2) is 5.85. The summed E-state index contributed by atoms with van der Waals surface area (Å²) in [4.78, 5) is 10.0. The van der Waals surface area contributed by atoms with Crippen molar-refractivity contribution in [3.05, 3.63) is 62.9 Å². The summed E-state index contributed by atoms with van der Waals surface area (Å²) in [7, 11) is 0. The quantitative estimate of drug-likeness (QED) is 0.690. The Labute approximate surface area is 118 Å². The molecule has 0 atom stereocenters. The van der Waals surface area contributed by atoms with Crippen LogP contribution in [0.25, 0.3) is 0 Å². The van der Waals surface area contributed by atoms with Crippen LogP contribution in [0.2, 0.25) is 5.02 Å². The van der Waals surface area contributed by atoms with Crippen LogP contribution in [0, 0.1) is 15.9 Å². The maximum absolute atomic E-state index is 13.3. The Morgan fingerprint density at radius 2 is 2.00 bits per heavy atom. The van der Waals surface area contributed by atoms with Gasteiger partial charge in [-0.15, -0.1) is 0 Å². The Hall–Kier alpha value is -2.18. The van der Waals surface area contributed by atoms with Crippen LogP contribution in [0.4, 0.5) is 10.1 Å². The standard InChI is InChI=1S/C13H10ClFN2O3/c14-12-6-10(1-2-13(12)17(18)19)20-11-4-8(7-16)3-9(15)5-11/h1-6H,7,16H2. The van der Waals surface area contributed by atoms with Crippen LogP contribution in [-0.2, 0) is 6.54 Å². The molecule has 20 heavy (non-hydrogen) atoms. The first-order valence-corrected chi connectivity index (χ1v) is 5.98. The van der Waals surface area contributed by atoms with E-state index in [9.17, 15) is 14.5 Å². The summed E-state index contributed by atoms with van der Waals surface area (Å²) in [5.74, 6) is 0.0421. The number of benzene rings is 2. The van der Waals surface area contributed by atoms with Crippen molar-refractivity contribution in [1.29, 1.82) is 0 Å². The van der Waals surface area contributed by atoms with Gasteiger partial charge in [-0.3, -0.25) is 10.1 Å². The van der Waals surface area contributed by atoms with Crippen LogP contribution in [0.5, 0.6) is 11.5 Å². The average Bonchev–Trinajstić information content (AvgIpc) is 2.37. The van der Waals surface area contributed by atoms with E-state index < -0.39 is 10.7 Å². The summed E-state index contributed by atoms with van der Waals surface area (Å²) in [6, 6.07) is 7.98. The Balaban J connectivity index is 2.28. The predicted octanol–water partition coefficient (Wildman–Crippen LogP) is 3.64. The summed E-state index contributed by atoms with van der Waals surface area (Å²) >= 11 is 5.76. The van der Waals surface area contributed by atoms with Crippen molar-refractivity contribution in [2.75, 3.05) is 0 Å². The van der Waals surface area contributed by atoms with Gasteiger partial charge in [0.15, 0.2) is 0 Å². The van der Waals surface area contributed by atoms with Gasteiger partial charge in [-0.1, -0.05) is 11.6 Å². The number of nitrogens with zero attached hydrogens (tertiary/aromatic N) is 1. The van der Waals surface area contributed by atoms with Gasteiger partial charge < -0.3 is 10.5 Å². The molecule has 0 amide bonds. The van der Waals surface area contributed by atoms with Gasteiger partial charge in [0.2, 0.25) is 0 Å². The monoisotopic (exact) mass is 296 g/mol. The minimum Gasteiger partial charge on any atom is -0.457 e. The lowest BCUT2D eigenvalue weighted by Gasteiger charge is -2.08. The Morgan fingerprint density at radius 1 is 1.25 bits per heavy atom. The fourth-order valence-corrected chi connectivity index (χ4v) is 1.87. The molecule has 0 aromatic heterocycles. The van der Waals surface area contributed by atoms with Crippen LogP contribution in [0.1, 0.15) is 5.56 Å². The number of nitro benzene ring substituents is 1. The molecule has 0 heterocycles. The van der Waals surface area contributed by atoms with Gasteiger partial charge in [-0.2, -0.15) is 0 Å². The molecule has 2 aromatic carbocycles. The summed E-state index contributed by atoms with van der Waals surface area (Å²) < 4.78 is 18.7. The van der Waals surface area contributed by atoms with Crippen molar-refractivity contribution < 1.29 is 14.1 Å². The highest BCUT2D eigenvalue weighted by Gasteiger charge is 2.13. The molecule has 0 bridgehead atoms. The molecule has 2 N–H and O–H groups in total. The van der Waals surface area contributed by atoms with E-state index in [2.05, 4.69) is 0 Å². The van der Waals surface area contributed by atoms with E-state index in [1.807, 2.05) is 0 Å². The molecule has 2 rings (SSSR count).